The van der Waals surface area contributed by atoms with E-state index in [1.165, 1.54) is 179 Å². The molecule has 3 heterocycles. The molecule has 468 valence electrons. The summed E-state index contributed by atoms with van der Waals surface area (Å²) in [5.74, 6) is 0. The van der Waals surface area contributed by atoms with Crippen molar-refractivity contribution in [3.8, 4) is 77.9 Å². The summed E-state index contributed by atoms with van der Waals surface area (Å²) in [4.78, 5) is 8.85. The van der Waals surface area contributed by atoms with Crippen LogP contribution in [0.3, 0.4) is 0 Å². The molecule has 2 aliphatic rings. The van der Waals surface area contributed by atoms with Crippen molar-refractivity contribution in [3.05, 3.63) is 251 Å². The monoisotopic (exact) mass is 1220 g/mol. The number of pyridine rings is 2. The summed E-state index contributed by atoms with van der Waals surface area (Å²) < 4.78 is 5.59. The molecule has 0 atom stereocenters. The van der Waals surface area contributed by atoms with Gasteiger partial charge in [-0.3, -0.25) is 9.97 Å². The molecule has 0 saturated heterocycles. The Morgan fingerprint density at radius 3 is 1.01 bits per heavy atom. The average Bonchev–Trinajstić information content (AvgIpc) is 1.58. The zero-order valence-electron chi connectivity index (χ0n) is 55.3. The van der Waals surface area contributed by atoms with Gasteiger partial charge >= 0.3 is 0 Å². The van der Waals surface area contributed by atoms with Crippen LogP contribution in [0.5, 0.6) is 0 Å². The summed E-state index contributed by atoms with van der Waals surface area (Å²) in [6.45, 7) is 9.34. The van der Waals surface area contributed by atoms with Crippen LogP contribution in [0.4, 0.5) is 0 Å². The van der Waals surface area contributed by atoms with Gasteiger partial charge in [-0.25, -0.2) is 4.63 Å². The summed E-state index contributed by atoms with van der Waals surface area (Å²) in [7, 11) is 0. The summed E-state index contributed by atoms with van der Waals surface area (Å²) in [5.41, 5.74) is 29.1. The highest BCUT2D eigenvalue weighted by Gasteiger charge is 2.44. The Hall–Kier alpha value is -9.06. The van der Waals surface area contributed by atoms with Crippen LogP contribution in [0.25, 0.3) is 113 Å². The van der Waals surface area contributed by atoms with Crippen LogP contribution < -0.4 is 0 Å². The molecule has 0 radical (unpaired) electrons. The zero-order valence-corrected chi connectivity index (χ0v) is 55.3. The minimum Gasteiger partial charge on any atom is -0.265 e. The molecular formula is C88H90N4O. The summed E-state index contributed by atoms with van der Waals surface area (Å²) >= 11 is 0. The lowest BCUT2D eigenvalue weighted by Gasteiger charge is -2.34. The number of benzene rings is 8. The number of unbranched alkanes of at least 4 members (excludes halogenated alkanes) is 12. The molecule has 5 nitrogen and oxygen atoms in total. The van der Waals surface area contributed by atoms with Gasteiger partial charge in [0.2, 0.25) is 0 Å². The van der Waals surface area contributed by atoms with Gasteiger partial charge in [0.25, 0.3) is 0 Å². The van der Waals surface area contributed by atoms with Gasteiger partial charge in [0.1, 0.15) is 11.0 Å². The van der Waals surface area contributed by atoms with Gasteiger partial charge in [0, 0.05) is 46.7 Å². The van der Waals surface area contributed by atoms with Gasteiger partial charge in [0.05, 0.1) is 0 Å². The molecule has 0 N–H and O–H groups in total. The fourth-order valence-corrected chi connectivity index (χ4v) is 15.7. The van der Waals surface area contributed by atoms with E-state index in [9.17, 15) is 0 Å². The Balaban J connectivity index is 0.995. The van der Waals surface area contributed by atoms with E-state index in [4.69, 9.17) is 4.63 Å². The number of nitrogens with zero attached hydrogens (tertiary/aromatic N) is 4. The van der Waals surface area contributed by atoms with Crippen molar-refractivity contribution in [2.45, 2.75) is 167 Å². The lowest BCUT2D eigenvalue weighted by Crippen LogP contribution is -2.25. The number of hydrogen-bond donors (Lipinski definition) is 0. The maximum Gasteiger partial charge on any atom is 0.143 e. The second-order valence-electron chi connectivity index (χ2n) is 26.6. The third-order valence-corrected chi connectivity index (χ3v) is 20.6. The third-order valence-electron chi connectivity index (χ3n) is 20.6. The van der Waals surface area contributed by atoms with Gasteiger partial charge in [-0.2, -0.15) is 0 Å². The van der Waals surface area contributed by atoms with E-state index in [1.807, 2.05) is 24.8 Å². The van der Waals surface area contributed by atoms with Crippen molar-refractivity contribution in [2.75, 3.05) is 0 Å². The van der Waals surface area contributed by atoms with Crippen LogP contribution in [0, 0.1) is 0 Å². The molecule has 0 amide bonds. The minimum atomic E-state index is -0.205. The number of rotatable bonds is 29. The molecule has 0 aliphatic heterocycles. The third kappa shape index (κ3) is 13.1. The Morgan fingerprint density at radius 2 is 0.624 bits per heavy atom. The Morgan fingerprint density at radius 1 is 0.290 bits per heavy atom. The van der Waals surface area contributed by atoms with E-state index in [-0.39, 0.29) is 10.8 Å². The highest BCUT2D eigenvalue weighted by atomic mass is 16.6. The van der Waals surface area contributed by atoms with Gasteiger partial charge in [0.15, 0.2) is 0 Å². The van der Waals surface area contributed by atoms with Crippen LogP contribution in [-0.4, -0.2) is 20.3 Å². The molecule has 0 fully saturated rings. The Bertz CT molecular complexity index is 4360. The first kappa shape index (κ1) is 62.7. The quantitative estimate of drug-likeness (QED) is 0.0437. The van der Waals surface area contributed by atoms with Gasteiger partial charge in [-0.1, -0.05) is 276 Å². The lowest BCUT2D eigenvalue weighted by molar-refractivity contribution is 0.315. The highest BCUT2D eigenvalue weighted by Crippen LogP contribution is 2.58. The molecule has 5 heteroatoms. The van der Waals surface area contributed by atoms with Crippen LogP contribution >= 0.6 is 0 Å². The van der Waals surface area contributed by atoms with Gasteiger partial charge in [-0.15, -0.1) is 0 Å². The van der Waals surface area contributed by atoms with Gasteiger partial charge < -0.3 is 0 Å². The number of hydrogen-bond acceptors (Lipinski definition) is 5. The van der Waals surface area contributed by atoms with Gasteiger partial charge in [-0.05, 0) is 208 Å². The van der Waals surface area contributed by atoms with Crippen LogP contribution in [0.15, 0.2) is 211 Å². The summed E-state index contributed by atoms with van der Waals surface area (Å²) in [5, 5.41) is 9.14. The van der Waals surface area contributed by atoms with E-state index in [2.05, 4.69) is 254 Å². The number of fused-ring (bicyclic) bond motifs is 7. The standard InChI is InChI=1S/C88H90N4O/c1-5-9-13-23-49-87(50-24-14-10-6-2)81-59-67(65-27-19-17-20-28-65)35-39-75(81)77-41-37-71(61-83(77)87)79-57-69(34-32-64-47-55-90-56-48-64)80(58-68(79)33-31-63-45-53-89-54-46-63)72-38-42-78-76-40-36-70(74-44-43-73(66-29-21-18-22-30-66)85-86(74)92-93-91-85)60-82(76)88(84(78)62-72,51-25-15-11-7-3)52-26-16-12-8-4/h17-22,27-48,53-62H,5-16,23-26,49-52H2,1-4H3/b33-31+,34-32+. The maximum atomic E-state index is 5.59. The lowest BCUT2D eigenvalue weighted by atomic mass is 9.69. The first-order valence-electron chi connectivity index (χ1n) is 35.2. The second kappa shape index (κ2) is 29.3. The van der Waals surface area contributed by atoms with Crippen molar-refractivity contribution in [1.29, 1.82) is 0 Å². The first-order chi connectivity index (χ1) is 45.9. The molecule has 8 aromatic carbocycles. The fraction of sp³-hybridized carbons (Fsp3) is 0.295. The van der Waals surface area contributed by atoms with E-state index < -0.39 is 0 Å². The Kier molecular flexibility index (Phi) is 19.7. The predicted molar refractivity (Wildman–Crippen MR) is 393 cm³/mol. The topological polar surface area (TPSA) is 64.7 Å². The molecule has 11 aromatic rings. The highest BCUT2D eigenvalue weighted by molar-refractivity contribution is 6.01. The van der Waals surface area contributed by atoms with Crippen LogP contribution in [0.2, 0.25) is 0 Å². The molecular weight excluding hydrogens is 1130 g/mol. The molecule has 93 heavy (non-hydrogen) atoms. The van der Waals surface area contributed by atoms with Crippen molar-refractivity contribution < 1.29 is 4.63 Å². The average molecular weight is 1220 g/mol. The normalized spacial score (nSPS) is 13.5. The van der Waals surface area contributed by atoms with E-state index in [0.29, 0.717) is 0 Å². The van der Waals surface area contributed by atoms with E-state index in [1.54, 1.807) is 0 Å². The number of aromatic nitrogens is 4. The summed E-state index contributed by atoms with van der Waals surface area (Å²) in [6.07, 6.45) is 40.8. The van der Waals surface area contributed by atoms with Crippen molar-refractivity contribution in [3.63, 3.8) is 0 Å². The summed E-state index contributed by atoms with van der Waals surface area (Å²) in [6, 6.07) is 69.1. The fourth-order valence-electron chi connectivity index (χ4n) is 15.7. The SMILES string of the molecule is CCCCCCC1(CCCCCC)c2cc(-c3ccccc3)ccc2-c2ccc(-c3cc(/C=C/c4ccncc4)c(-c4ccc5c(c4)C(CCCCCC)(CCCCCC)c4cc(-c6ccc(-c7ccccc7)c7nonc67)ccc4-5)cc3/C=C/c3ccncc3)cc21. The van der Waals surface area contributed by atoms with Crippen molar-refractivity contribution in [1.82, 2.24) is 20.3 Å². The smallest absolute Gasteiger partial charge is 0.143 e. The minimum absolute atomic E-state index is 0.112. The molecule has 3 aromatic heterocycles. The van der Waals surface area contributed by atoms with E-state index in [0.717, 1.165) is 82.9 Å². The Labute approximate surface area is 553 Å². The first-order valence-corrected chi connectivity index (χ1v) is 35.2. The largest absolute Gasteiger partial charge is 0.265 e. The second-order valence-corrected chi connectivity index (χ2v) is 26.6. The van der Waals surface area contributed by atoms with Crippen molar-refractivity contribution in [2.24, 2.45) is 0 Å². The van der Waals surface area contributed by atoms with Crippen molar-refractivity contribution >= 4 is 35.3 Å². The molecule has 0 unspecified atom stereocenters. The maximum absolute atomic E-state index is 5.59. The van der Waals surface area contributed by atoms with Crippen LogP contribution in [-0.2, 0) is 10.8 Å². The molecule has 13 rings (SSSR count). The predicted octanol–water partition coefficient (Wildman–Crippen LogP) is 25.1. The molecule has 0 bridgehead atoms. The molecule has 0 spiro atoms. The molecule has 0 saturated carbocycles. The zero-order chi connectivity index (χ0) is 63.4. The molecule has 2 aliphatic carbocycles. The van der Waals surface area contributed by atoms with Crippen LogP contribution in [0.1, 0.15) is 201 Å². The van der Waals surface area contributed by atoms with E-state index >= 15 is 0 Å².